The van der Waals surface area contributed by atoms with Crippen LogP contribution in [0, 0.1) is 11.3 Å². The van der Waals surface area contributed by atoms with Crippen LogP contribution in [0.25, 0.3) is 0 Å². The van der Waals surface area contributed by atoms with Gasteiger partial charge in [0, 0.05) is 35.3 Å². The molecule has 0 amide bonds. The van der Waals surface area contributed by atoms with Gasteiger partial charge in [-0.3, -0.25) is 0 Å². The highest BCUT2D eigenvalue weighted by atomic mass is 32.2. The molecule has 5 unspecified atom stereocenters. The Morgan fingerprint density at radius 1 is 1.21 bits per heavy atom. The summed E-state index contributed by atoms with van der Waals surface area (Å²) in [6.07, 6.45) is 7.33. The summed E-state index contributed by atoms with van der Waals surface area (Å²) in [5, 5.41) is 4.89. The van der Waals surface area contributed by atoms with Crippen LogP contribution in [0.1, 0.15) is 52.9 Å². The molecule has 3 heteroatoms. The summed E-state index contributed by atoms with van der Waals surface area (Å²) in [7, 11) is 0. The Balaban J connectivity index is 1.62. The highest BCUT2D eigenvalue weighted by molar-refractivity contribution is 7.99. The topological polar surface area (TPSA) is 21.3 Å². The molecule has 0 spiro atoms. The van der Waals surface area contributed by atoms with Crippen LogP contribution in [0.3, 0.4) is 0 Å². The Bertz CT molecular complexity index is 320. The molecule has 2 aliphatic carbocycles. The van der Waals surface area contributed by atoms with Gasteiger partial charge in [0.25, 0.3) is 0 Å². The van der Waals surface area contributed by atoms with Crippen molar-refractivity contribution in [2.75, 3.05) is 12.4 Å². The van der Waals surface area contributed by atoms with Gasteiger partial charge in [-0.15, -0.1) is 0 Å². The largest absolute Gasteiger partial charge is 0.377 e. The number of hydrogen-bond acceptors (Lipinski definition) is 3. The van der Waals surface area contributed by atoms with E-state index in [0.29, 0.717) is 17.6 Å². The second-order valence-corrected chi connectivity index (χ2v) is 8.61. The van der Waals surface area contributed by atoms with E-state index in [0.717, 1.165) is 23.8 Å². The van der Waals surface area contributed by atoms with E-state index in [-0.39, 0.29) is 0 Å². The maximum absolute atomic E-state index is 6.02. The molecule has 19 heavy (non-hydrogen) atoms. The summed E-state index contributed by atoms with van der Waals surface area (Å²) >= 11 is 2.16. The third-order valence-electron chi connectivity index (χ3n) is 5.56. The molecule has 2 nitrogen and oxygen atoms in total. The predicted molar refractivity (Wildman–Crippen MR) is 82.7 cm³/mol. The summed E-state index contributed by atoms with van der Waals surface area (Å²) in [6, 6.07) is 1.43. The Hall–Kier alpha value is 0.270. The minimum absolute atomic E-state index is 0.328. The lowest BCUT2D eigenvalue weighted by atomic mass is 9.55. The van der Waals surface area contributed by atoms with E-state index < -0.39 is 0 Å². The molecule has 0 bridgehead atoms. The zero-order valence-electron chi connectivity index (χ0n) is 12.7. The molecule has 110 valence electrons. The molecule has 0 radical (unpaired) electrons. The second-order valence-electron chi connectivity index (χ2n) is 7.09. The first kappa shape index (κ1) is 14.2. The highest BCUT2D eigenvalue weighted by Gasteiger charge is 2.58. The van der Waals surface area contributed by atoms with Crippen LogP contribution in [0.15, 0.2) is 0 Å². The van der Waals surface area contributed by atoms with Gasteiger partial charge in [-0.1, -0.05) is 27.2 Å². The van der Waals surface area contributed by atoms with E-state index in [1.54, 1.807) is 0 Å². The van der Waals surface area contributed by atoms with Crippen molar-refractivity contribution >= 4 is 11.8 Å². The Morgan fingerprint density at radius 2 is 2.05 bits per heavy atom. The van der Waals surface area contributed by atoms with Gasteiger partial charge >= 0.3 is 0 Å². The Morgan fingerprint density at radius 3 is 2.84 bits per heavy atom. The van der Waals surface area contributed by atoms with Crippen molar-refractivity contribution in [3.05, 3.63) is 0 Å². The van der Waals surface area contributed by atoms with Crippen LogP contribution in [0.4, 0.5) is 0 Å². The first-order valence-electron chi connectivity index (χ1n) is 8.14. The van der Waals surface area contributed by atoms with Gasteiger partial charge in [0.15, 0.2) is 0 Å². The van der Waals surface area contributed by atoms with Gasteiger partial charge in [-0.25, -0.2) is 0 Å². The number of hydrogen-bond donors (Lipinski definition) is 1. The third-order valence-corrected chi connectivity index (χ3v) is 6.88. The average Bonchev–Trinajstić information content (AvgIpc) is 2.84. The summed E-state index contributed by atoms with van der Waals surface area (Å²) < 4.78 is 6.02. The van der Waals surface area contributed by atoms with Crippen molar-refractivity contribution in [1.29, 1.82) is 0 Å². The summed E-state index contributed by atoms with van der Waals surface area (Å²) in [6.45, 7) is 8.07. The van der Waals surface area contributed by atoms with Gasteiger partial charge in [0.05, 0.1) is 6.10 Å². The lowest BCUT2D eigenvalue weighted by molar-refractivity contribution is -0.194. The number of rotatable bonds is 4. The van der Waals surface area contributed by atoms with Gasteiger partial charge in [-0.2, -0.15) is 11.8 Å². The van der Waals surface area contributed by atoms with Crippen LogP contribution < -0.4 is 5.32 Å². The van der Waals surface area contributed by atoms with E-state index in [1.807, 2.05) is 0 Å². The molecule has 2 saturated carbocycles. The molecule has 1 N–H and O–H groups in total. The van der Waals surface area contributed by atoms with Crippen molar-refractivity contribution in [3.63, 3.8) is 0 Å². The first-order chi connectivity index (χ1) is 9.14. The van der Waals surface area contributed by atoms with Crippen LogP contribution >= 0.6 is 11.8 Å². The molecule has 3 fully saturated rings. The third kappa shape index (κ3) is 2.47. The normalized spacial score (nSPS) is 44.7. The standard InChI is InChI=1S/C16H29NOS/c1-4-19-13-9-5-8-12(13)17-14-11-7-6-10-18-15(11)16(14,2)3/h11-15,17H,4-10H2,1-3H3. The molecule has 1 heterocycles. The summed E-state index contributed by atoms with van der Waals surface area (Å²) in [4.78, 5) is 0. The lowest BCUT2D eigenvalue weighted by Gasteiger charge is -2.61. The number of fused-ring (bicyclic) bond motifs is 1. The molecule has 3 rings (SSSR count). The molecule has 1 aliphatic heterocycles. The van der Waals surface area contributed by atoms with Gasteiger partial charge in [0.2, 0.25) is 0 Å². The zero-order valence-corrected chi connectivity index (χ0v) is 13.5. The van der Waals surface area contributed by atoms with Gasteiger partial charge in [-0.05, 0) is 31.4 Å². The van der Waals surface area contributed by atoms with E-state index in [4.69, 9.17) is 4.74 Å². The fraction of sp³-hybridized carbons (Fsp3) is 1.00. The summed E-state index contributed by atoms with van der Waals surface area (Å²) in [5.74, 6) is 2.03. The molecule has 0 aromatic rings. The first-order valence-corrected chi connectivity index (χ1v) is 9.18. The monoisotopic (exact) mass is 283 g/mol. The van der Waals surface area contributed by atoms with E-state index in [1.165, 1.54) is 37.9 Å². The molecule has 1 saturated heterocycles. The lowest BCUT2D eigenvalue weighted by Crippen LogP contribution is -2.70. The molecule has 0 aromatic heterocycles. The molecule has 5 atom stereocenters. The maximum atomic E-state index is 6.02. The van der Waals surface area contributed by atoms with E-state index in [9.17, 15) is 0 Å². The molecular weight excluding hydrogens is 254 g/mol. The maximum Gasteiger partial charge on any atom is 0.0684 e. The SMILES string of the molecule is CCSC1CCCC1NC1C2CCCOC2C1(C)C. The number of nitrogens with one attached hydrogen (secondary N) is 1. The predicted octanol–water partition coefficient (Wildman–Crippen LogP) is 3.45. The van der Waals surface area contributed by atoms with Crippen LogP contribution in [-0.4, -0.2) is 35.8 Å². The molecule has 0 aromatic carbocycles. The van der Waals surface area contributed by atoms with Crippen molar-refractivity contribution in [1.82, 2.24) is 5.32 Å². The van der Waals surface area contributed by atoms with Crippen molar-refractivity contribution < 1.29 is 4.74 Å². The Labute approximate surface area is 122 Å². The fourth-order valence-electron chi connectivity index (χ4n) is 4.62. The second kappa shape index (κ2) is 5.57. The van der Waals surface area contributed by atoms with Crippen molar-refractivity contribution in [3.8, 4) is 0 Å². The highest BCUT2D eigenvalue weighted by Crippen LogP contribution is 2.52. The van der Waals surface area contributed by atoms with Crippen LogP contribution in [-0.2, 0) is 4.74 Å². The quantitative estimate of drug-likeness (QED) is 0.854. The van der Waals surface area contributed by atoms with Crippen molar-refractivity contribution in [2.45, 2.75) is 76.3 Å². The average molecular weight is 283 g/mol. The van der Waals surface area contributed by atoms with Gasteiger partial charge in [0.1, 0.15) is 0 Å². The minimum atomic E-state index is 0.328. The number of ether oxygens (including phenoxy) is 1. The molecule has 3 aliphatic rings. The van der Waals surface area contributed by atoms with Crippen molar-refractivity contribution in [2.24, 2.45) is 11.3 Å². The summed E-state index contributed by atoms with van der Waals surface area (Å²) in [5.41, 5.74) is 0.328. The van der Waals surface area contributed by atoms with Gasteiger partial charge < -0.3 is 10.1 Å². The molecular formula is C16H29NOS. The number of thioether (sulfide) groups is 1. The Kier molecular flexibility index (Phi) is 4.17. The van der Waals surface area contributed by atoms with E-state index in [2.05, 4.69) is 37.8 Å². The zero-order chi connectivity index (χ0) is 13.5. The van der Waals surface area contributed by atoms with Crippen LogP contribution in [0.5, 0.6) is 0 Å². The smallest absolute Gasteiger partial charge is 0.0684 e. The minimum Gasteiger partial charge on any atom is -0.377 e. The van der Waals surface area contributed by atoms with Crippen LogP contribution in [0.2, 0.25) is 0 Å². The fourth-order valence-corrected chi connectivity index (χ4v) is 5.83. The van der Waals surface area contributed by atoms with E-state index >= 15 is 0 Å².